The summed E-state index contributed by atoms with van der Waals surface area (Å²) in [4.78, 5) is 12.7. The van der Waals surface area contributed by atoms with Gasteiger partial charge in [-0.3, -0.25) is 9.69 Å². The van der Waals surface area contributed by atoms with Crippen LogP contribution in [0.4, 0.5) is 0 Å². The molecule has 2 unspecified atom stereocenters. The van der Waals surface area contributed by atoms with Crippen LogP contribution in [0, 0.1) is 0 Å². The molecule has 0 bridgehead atoms. The van der Waals surface area contributed by atoms with Crippen molar-refractivity contribution in [1.29, 1.82) is 0 Å². The summed E-state index contributed by atoms with van der Waals surface area (Å²) >= 11 is 0. The van der Waals surface area contributed by atoms with Crippen LogP contribution >= 0.6 is 0 Å². The number of carboxylic acid groups (broad SMARTS) is 1. The smallest absolute Gasteiger partial charge is 0.304 e. The number of carboxylic acids is 1. The zero-order valence-corrected chi connectivity index (χ0v) is 9.49. The first-order chi connectivity index (χ1) is 6.52. The highest BCUT2D eigenvalue weighted by Crippen LogP contribution is 2.10. The molecule has 0 aliphatic rings. The molecule has 0 radical (unpaired) electrons. The second-order valence-electron chi connectivity index (χ2n) is 3.63. The van der Waals surface area contributed by atoms with Crippen molar-refractivity contribution in [3.05, 3.63) is 0 Å². The predicted octanol–water partition coefficient (Wildman–Crippen LogP) is 1.21. The van der Waals surface area contributed by atoms with E-state index in [-0.39, 0.29) is 18.5 Å². The number of aliphatic carboxylic acids is 1. The van der Waals surface area contributed by atoms with Gasteiger partial charge in [-0.2, -0.15) is 0 Å². The highest BCUT2D eigenvalue weighted by Gasteiger charge is 2.20. The van der Waals surface area contributed by atoms with Gasteiger partial charge in [0.25, 0.3) is 0 Å². The van der Waals surface area contributed by atoms with Crippen molar-refractivity contribution in [3.63, 3.8) is 0 Å². The van der Waals surface area contributed by atoms with Crippen LogP contribution in [0.1, 0.15) is 26.7 Å². The first kappa shape index (κ1) is 13.4. The minimum atomic E-state index is -0.742. The number of hydrogen-bond donors (Lipinski definition) is 1. The van der Waals surface area contributed by atoms with Crippen molar-refractivity contribution < 1.29 is 14.6 Å². The summed E-state index contributed by atoms with van der Waals surface area (Å²) in [6.45, 7) is 4.67. The van der Waals surface area contributed by atoms with Crippen LogP contribution in [0.3, 0.4) is 0 Å². The summed E-state index contributed by atoms with van der Waals surface area (Å²) in [5, 5.41) is 8.72. The molecule has 0 heterocycles. The Labute approximate surface area is 85.9 Å². The molecule has 0 aliphatic carbocycles. The minimum Gasteiger partial charge on any atom is -0.481 e. The number of ether oxygens (including phenoxy) is 1. The molecule has 0 spiro atoms. The van der Waals surface area contributed by atoms with Crippen molar-refractivity contribution in [3.8, 4) is 0 Å². The van der Waals surface area contributed by atoms with Crippen LogP contribution in [0.5, 0.6) is 0 Å². The topological polar surface area (TPSA) is 49.8 Å². The average Bonchev–Trinajstić information content (AvgIpc) is 2.13. The molecule has 0 rings (SSSR count). The lowest BCUT2D eigenvalue weighted by molar-refractivity contribution is -0.138. The normalized spacial score (nSPS) is 15.5. The number of nitrogens with zero attached hydrogens (tertiary/aromatic N) is 1. The maximum atomic E-state index is 10.6. The van der Waals surface area contributed by atoms with Gasteiger partial charge < -0.3 is 9.84 Å². The van der Waals surface area contributed by atoms with Crippen LogP contribution < -0.4 is 0 Å². The molecule has 0 aromatic rings. The molecule has 0 aromatic carbocycles. The Kier molecular flexibility index (Phi) is 6.49. The van der Waals surface area contributed by atoms with Crippen molar-refractivity contribution in [2.24, 2.45) is 0 Å². The summed E-state index contributed by atoms with van der Waals surface area (Å²) < 4.78 is 5.04. The van der Waals surface area contributed by atoms with Gasteiger partial charge in [0.15, 0.2) is 0 Å². The summed E-state index contributed by atoms with van der Waals surface area (Å²) in [6, 6.07) is 0.349. The number of methoxy groups -OCH3 is 1. The van der Waals surface area contributed by atoms with Gasteiger partial charge in [0, 0.05) is 19.2 Å². The van der Waals surface area contributed by atoms with Gasteiger partial charge in [-0.05, 0) is 20.4 Å². The van der Waals surface area contributed by atoms with Crippen LogP contribution in [0.25, 0.3) is 0 Å². The molecule has 0 saturated carbocycles. The number of carbonyl (C=O) groups is 1. The maximum absolute atomic E-state index is 10.6. The van der Waals surface area contributed by atoms with Gasteiger partial charge in [0.1, 0.15) is 0 Å². The summed E-state index contributed by atoms with van der Waals surface area (Å²) in [5.41, 5.74) is 0. The van der Waals surface area contributed by atoms with Crippen LogP contribution in [0.2, 0.25) is 0 Å². The predicted molar refractivity (Wildman–Crippen MR) is 55.4 cm³/mol. The molecule has 0 amide bonds. The Hall–Kier alpha value is -0.610. The molecule has 4 heteroatoms. The summed E-state index contributed by atoms with van der Waals surface area (Å²) in [7, 11) is 3.60. The van der Waals surface area contributed by atoms with Crippen molar-refractivity contribution >= 4 is 5.97 Å². The van der Waals surface area contributed by atoms with Crippen molar-refractivity contribution in [1.82, 2.24) is 4.90 Å². The van der Waals surface area contributed by atoms with Gasteiger partial charge in [-0.15, -0.1) is 0 Å². The molecular formula is C10H21NO3. The van der Waals surface area contributed by atoms with Gasteiger partial charge in [-0.25, -0.2) is 0 Å². The molecule has 1 N–H and O–H groups in total. The fraction of sp³-hybridized carbons (Fsp3) is 0.900. The summed E-state index contributed by atoms with van der Waals surface area (Å²) in [5.74, 6) is -0.742. The highest BCUT2D eigenvalue weighted by molar-refractivity contribution is 5.67. The molecule has 0 aliphatic heterocycles. The monoisotopic (exact) mass is 203 g/mol. The van der Waals surface area contributed by atoms with Gasteiger partial charge >= 0.3 is 5.97 Å². The molecule has 2 atom stereocenters. The Bertz CT molecular complexity index is 173. The zero-order valence-electron chi connectivity index (χ0n) is 9.49. The second-order valence-corrected chi connectivity index (χ2v) is 3.63. The Morgan fingerprint density at radius 1 is 1.57 bits per heavy atom. The van der Waals surface area contributed by atoms with E-state index in [0.717, 1.165) is 6.42 Å². The van der Waals surface area contributed by atoms with Crippen molar-refractivity contribution in [2.75, 3.05) is 20.8 Å². The standard InChI is InChI=1S/C10H21NO3/c1-5-9(6-10(12)13)11(3)8(2)7-14-4/h8-9H,5-7H2,1-4H3,(H,12,13). The first-order valence-electron chi connectivity index (χ1n) is 4.95. The second kappa shape index (κ2) is 6.79. The molecule has 0 saturated heterocycles. The minimum absolute atomic E-state index is 0.0950. The lowest BCUT2D eigenvalue weighted by Gasteiger charge is -2.31. The average molecular weight is 203 g/mol. The third-order valence-electron chi connectivity index (χ3n) is 2.56. The van der Waals surface area contributed by atoms with Gasteiger partial charge in [0.05, 0.1) is 13.0 Å². The van der Waals surface area contributed by atoms with E-state index in [1.165, 1.54) is 0 Å². The largest absolute Gasteiger partial charge is 0.481 e. The van der Waals surface area contributed by atoms with E-state index in [1.54, 1.807) is 7.11 Å². The fourth-order valence-electron chi connectivity index (χ4n) is 1.50. The molecular weight excluding hydrogens is 182 g/mol. The summed E-state index contributed by atoms with van der Waals surface area (Å²) in [6.07, 6.45) is 1.04. The third-order valence-corrected chi connectivity index (χ3v) is 2.56. The molecule has 14 heavy (non-hydrogen) atoms. The number of rotatable bonds is 7. The van der Waals surface area contributed by atoms with E-state index in [9.17, 15) is 4.79 Å². The SMILES string of the molecule is CCC(CC(=O)O)N(C)C(C)COC. The Morgan fingerprint density at radius 3 is 2.50 bits per heavy atom. The lowest BCUT2D eigenvalue weighted by atomic mass is 10.1. The first-order valence-corrected chi connectivity index (χ1v) is 4.95. The van der Waals surface area contributed by atoms with E-state index in [1.807, 2.05) is 20.9 Å². The zero-order chi connectivity index (χ0) is 11.1. The van der Waals surface area contributed by atoms with E-state index in [2.05, 4.69) is 4.90 Å². The fourth-order valence-corrected chi connectivity index (χ4v) is 1.50. The van der Waals surface area contributed by atoms with Crippen LogP contribution in [-0.4, -0.2) is 48.8 Å². The van der Waals surface area contributed by atoms with E-state index >= 15 is 0 Å². The van der Waals surface area contributed by atoms with Gasteiger partial charge in [-0.1, -0.05) is 6.92 Å². The number of hydrogen-bond acceptors (Lipinski definition) is 3. The highest BCUT2D eigenvalue weighted by atomic mass is 16.5. The lowest BCUT2D eigenvalue weighted by Crippen LogP contribution is -2.41. The number of likely N-dealkylation sites (N-methyl/N-ethyl adjacent to an activating group) is 1. The van der Waals surface area contributed by atoms with Crippen molar-refractivity contribution in [2.45, 2.75) is 38.8 Å². The molecule has 0 fully saturated rings. The Balaban J connectivity index is 4.14. The third kappa shape index (κ3) is 4.58. The molecule has 84 valence electrons. The Morgan fingerprint density at radius 2 is 2.14 bits per heavy atom. The van der Waals surface area contributed by atoms with Gasteiger partial charge in [0.2, 0.25) is 0 Å². The van der Waals surface area contributed by atoms with E-state index < -0.39 is 5.97 Å². The van der Waals surface area contributed by atoms with Crippen LogP contribution in [-0.2, 0) is 9.53 Å². The maximum Gasteiger partial charge on any atom is 0.304 e. The quantitative estimate of drug-likeness (QED) is 0.675. The molecule has 0 aromatic heterocycles. The van der Waals surface area contributed by atoms with Crippen LogP contribution in [0.15, 0.2) is 0 Å². The van der Waals surface area contributed by atoms with E-state index in [0.29, 0.717) is 6.61 Å². The molecule has 4 nitrogen and oxygen atoms in total. The van der Waals surface area contributed by atoms with E-state index in [4.69, 9.17) is 9.84 Å².